The van der Waals surface area contributed by atoms with Gasteiger partial charge in [0.05, 0.1) is 11.4 Å². The molecule has 2 aliphatic rings. The third kappa shape index (κ3) is 3.16. The Morgan fingerprint density at radius 3 is 2.62 bits per heavy atom. The first kappa shape index (κ1) is 14.3. The van der Waals surface area contributed by atoms with Crippen molar-refractivity contribution in [2.24, 2.45) is 4.99 Å². The molecule has 0 atom stereocenters. The molecule has 4 nitrogen and oxygen atoms in total. The molecule has 0 aromatic carbocycles. The molecule has 1 aromatic heterocycles. The summed E-state index contributed by atoms with van der Waals surface area (Å²) in [6, 6.07) is 0. The quantitative estimate of drug-likeness (QED) is 0.868. The summed E-state index contributed by atoms with van der Waals surface area (Å²) < 4.78 is 0. The van der Waals surface area contributed by atoms with E-state index in [-0.39, 0.29) is 0 Å². The fourth-order valence-corrected chi connectivity index (χ4v) is 3.14. The third-order valence-corrected chi connectivity index (χ3v) is 4.34. The van der Waals surface area contributed by atoms with Crippen LogP contribution in [0, 0.1) is 6.92 Å². The van der Waals surface area contributed by atoms with Crippen LogP contribution in [0.3, 0.4) is 0 Å². The number of rotatable bonds is 3. The van der Waals surface area contributed by atoms with Gasteiger partial charge in [0.15, 0.2) is 0 Å². The highest BCUT2D eigenvalue weighted by Gasteiger charge is 2.20. The monoisotopic (exact) mass is 286 g/mol. The molecule has 1 N–H and O–H groups in total. The predicted octanol–water partition coefficient (Wildman–Crippen LogP) is 3.18. The second-order valence-corrected chi connectivity index (χ2v) is 5.95. The topological polar surface area (TPSA) is 48.7 Å². The maximum absolute atomic E-state index is 10.4. The van der Waals surface area contributed by atoms with E-state index in [0.717, 1.165) is 42.9 Å². The minimum Gasteiger partial charge on any atom is -0.505 e. The zero-order chi connectivity index (χ0) is 14.7. The molecule has 21 heavy (non-hydrogen) atoms. The fourth-order valence-electron chi connectivity index (χ4n) is 3.14. The van der Waals surface area contributed by atoms with Gasteiger partial charge in [-0.05, 0) is 38.4 Å². The standard InChI is InChI=1S/C17H23N3O/c1-13-17(21)16(15-7-6-8-18-15)14(11-19-13)12-20-9-4-2-3-5-10-20/h6,8,11,21H,2-5,7,9-10,12H2,1H3/i18+1. The normalized spacial score (nSPS) is 19.6. The summed E-state index contributed by atoms with van der Waals surface area (Å²) in [7, 11) is 0. The smallest absolute Gasteiger partial charge is 0.146 e. The van der Waals surface area contributed by atoms with Crippen molar-refractivity contribution < 1.29 is 5.11 Å². The van der Waals surface area contributed by atoms with E-state index in [2.05, 4.69) is 14.9 Å². The number of aromatic nitrogens is 1. The molecule has 0 bridgehead atoms. The van der Waals surface area contributed by atoms with Crippen LogP contribution >= 0.6 is 0 Å². The Balaban J connectivity index is 1.88. The zero-order valence-electron chi connectivity index (χ0n) is 12.7. The van der Waals surface area contributed by atoms with Crippen LogP contribution in [0.4, 0.5) is 0 Å². The van der Waals surface area contributed by atoms with Crippen molar-refractivity contribution in [1.29, 1.82) is 0 Å². The van der Waals surface area contributed by atoms with Gasteiger partial charge < -0.3 is 5.11 Å². The van der Waals surface area contributed by atoms with Gasteiger partial charge in [-0.15, -0.1) is 0 Å². The molecule has 1 fully saturated rings. The lowest BCUT2D eigenvalue weighted by Gasteiger charge is -2.22. The van der Waals surface area contributed by atoms with Crippen LogP contribution in [0.1, 0.15) is 48.9 Å². The van der Waals surface area contributed by atoms with E-state index in [1.807, 2.05) is 25.4 Å². The van der Waals surface area contributed by atoms with Gasteiger partial charge in [0.2, 0.25) is 0 Å². The summed E-state index contributed by atoms with van der Waals surface area (Å²) in [5, 5.41) is 10.4. The molecule has 3 heterocycles. The molecule has 0 radical (unpaired) electrons. The SMILES string of the molecule is Cc1ncc(CN2CCCCCC2)c(C2=[15N]C=CC2)c1O. The maximum Gasteiger partial charge on any atom is 0.146 e. The van der Waals surface area contributed by atoms with Crippen molar-refractivity contribution >= 4 is 5.71 Å². The van der Waals surface area contributed by atoms with Crippen molar-refractivity contribution in [2.45, 2.75) is 45.6 Å². The summed E-state index contributed by atoms with van der Waals surface area (Å²) in [4.78, 5) is 11.2. The molecule has 0 spiro atoms. The van der Waals surface area contributed by atoms with Crippen molar-refractivity contribution in [3.8, 4) is 5.75 Å². The van der Waals surface area contributed by atoms with Crippen molar-refractivity contribution in [3.05, 3.63) is 35.3 Å². The molecule has 0 saturated carbocycles. The van der Waals surface area contributed by atoms with E-state index in [0.29, 0.717) is 11.4 Å². The lowest BCUT2D eigenvalue weighted by atomic mass is 10.0. The molecule has 3 rings (SSSR count). The first-order chi connectivity index (χ1) is 10.3. The molecular weight excluding hydrogens is 263 g/mol. The molecular formula is C17H23N3O. The zero-order valence-corrected chi connectivity index (χ0v) is 12.7. The number of hydrogen-bond donors (Lipinski definition) is 1. The second-order valence-electron chi connectivity index (χ2n) is 5.95. The van der Waals surface area contributed by atoms with Crippen LogP contribution in [0.2, 0.25) is 0 Å². The average molecular weight is 286 g/mol. The van der Waals surface area contributed by atoms with Gasteiger partial charge in [-0.2, -0.15) is 0 Å². The molecule has 1 saturated heterocycles. The van der Waals surface area contributed by atoms with Crippen molar-refractivity contribution in [2.75, 3.05) is 13.1 Å². The first-order valence-electron chi connectivity index (χ1n) is 7.87. The third-order valence-electron chi connectivity index (χ3n) is 4.34. The highest BCUT2D eigenvalue weighted by molar-refractivity contribution is 6.06. The number of allylic oxidation sites excluding steroid dienone is 1. The van der Waals surface area contributed by atoms with Gasteiger partial charge in [-0.25, -0.2) is 0 Å². The van der Waals surface area contributed by atoms with Crippen LogP contribution < -0.4 is 0 Å². The van der Waals surface area contributed by atoms with E-state index in [9.17, 15) is 5.11 Å². The highest BCUT2D eigenvalue weighted by Crippen LogP contribution is 2.28. The molecule has 4 heteroatoms. The van der Waals surface area contributed by atoms with Crippen LogP contribution in [-0.2, 0) is 6.54 Å². The minimum absolute atomic E-state index is 0.296. The Kier molecular flexibility index (Phi) is 4.34. The number of likely N-dealkylation sites (tertiary alicyclic amines) is 1. The molecule has 0 aliphatic carbocycles. The van der Waals surface area contributed by atoms with Crippen LogP contribution in [-0.4, -0.2) is 33.8 Å². The lowest BCUT2D eigenvalue weighted by Crippen LogP contribution is -2.25. The molecule has 0 amide bonds. The summed E-state index contributed by atoms with van der Waals surface area (Å²) in [6.45, 7) is 4.98. The molecule has 0 unspecified atom stereocenters. The van der Waals surface area contributed by atoms with Gasteiger partial charge in [0.25, 0.3) is 0 Å². The highest BCUT2D eigenvalue weighted by atomic mass is 16.3. The summed E-state index contributed by atoms with van der Waals surface area (Å²) in [5.41, 5.74) is 3.64. The van der Waals surface area contributed by atoms with Gasteiger partial charge in [-0.3, -0.25) is 14.9 Å². The van der Waals surface area contributed by atoms with E-state index in [4.69, 9.17) is 0 Å². The molecule has 112 valence electrons. The van der Waals surface area contributed by atoms with Gasteiger partial charge in [-0.1, -0.05) is 18.9 Å². The predicted molar refractivity (Wildman–Crippen MR) is 84.7 cm³/mol. The Hall–Kier alpha value is -1.68. The van der Waals surface area contributed by atoms with Gasteiger partial charge in [0, 0.05) is 30.9 Å². The average Bonchev–Trinajstić information content (AvgIpc) is 2.88. The second kappa shape index (κ2) is 6.39. The van der Waals surface area contributed by atoms with E-state index >= 15 is 0 Å². The first-order valence-corrected chi connectivity index (χ1v) is 7.87. The Labute approximate surface area is 126 Å². The number of pyridine rings is 1. The molecule has 2 aliphatic heterocycles. The van der Waals surface area contributed by atoms with Gasteiger partial charge >= 0.3 is 0 Å². The number of aryl methyl sites for hydroxylation is 1. The van der Waals surface area contributed by atoms with E-state index in [1.54, 1.807) is 0 Å². The summed E-state index contributed by atoms with van der Waals surface area (Å²) in [5.74, 6) is 0.296. The number of hydrogen-bond acceptors (Lipinski definition) is 4. The van der Waals surface area contributed by atoms with E-state index in [1.165, 1.54) is 25.7 Å². The van der Waals surface area contributed by atoms with Crippen LogP contribution in [0.25, 0.3) is 0 Å². The summed E-state index contributed by atoms with van der Waals surface area (Å²) >= 11 is 0. The van der Waals surface area contributed by atoms with Crippen LogP contribution in [0.5, 0.6) is 5.75 Å². The number of aromatic hydroxyl groups is 1. The number of nitrogens with zero attached hydrogens (tertiary/aromatic N) is 3. The maximum atomic E-state index is 10.4. The van der Waals surface area contributed by atoms with E-state index < -0.39 is 0 Å². The lowest BCUT2D eigenvalue weighted by molar-refractivity contribution is 0.276. The number of aliphatic imine (C=N–C) groups is 1. The fraction of sp³-hybridized carbons (Fsp3) is 0.529. The Morgan fingerprint density at radius 1 is 1.19 bits per heavy atom. The largest absolute Gasteiger partial charge is 0.505 e. The van der Waals surface area contributed by atoms with Crippen molar-refractivity contribution in [1.82, 2.24) is 9.88 Å². The Bertz CT molecular complexity index is 570. The van der Waals surface area contributed by atoms with Crippen LogP contribution in [0.15, 0.2) is 23.5 Å². The minimum atomic E-state index is 0.296. The van der Waals surface area contributed by atoms with Gasteiger partial charge in [0.1, 0.15) is 5.75 Å². The summed E-state index contributed by atoms with van der Waals surface area (Å²) in [6.07, 6.45) is 11.8. The van der Waals surface area contributed by atoms with Crippen molar-refractivity contribution in [3.63, 3.8) is 0 Å². The molecule has 1 aromatic rings. The Morgan fingerprint density at radius 2 is 1.95 bits per heavy atom.